The highest BCUT2D eigenvalue weighted by Crippen LogP contribution is 2.16. The van der Waals surface area contributed by atoms with Crippen molar-refractivity contribution in [2.75, 3.05) is 19.8 Å². The molecule has 2 rings (SSSR count). The van der Waals surface area contributed by atoms with Crippen molar-refractivity contribution in [1.82, 2.24) is 0 Å². The van der Waals surface area contributed by atoms with Crippen LogP contribution < -0.4 is 0 Å². The van der Waals surface area contributed by atoms with E-state index >= 15 is 0 Å². The Morgan fingerprint density at radius 2 is 2.25 bits per heavy atom. The third-order valence-corrected chi connectivity index (χ3v) is 2.43. The average molecular weight is 223 g/mol. The van der Waals surface area contributed by atoms with Crippen LogP contribution in [0.15, 0.2) is 15.0 Å². The number of hydrogen-bond donors (Lipinski definition) is 0. The molecule has 0 aromatic carbocycles. The van der Waals surface area contributed by atoms with Gasteiger partial charge in [0.15, 0.2) is 0 Å². The van der Waals surface area contributed by atoms with E-state index in [-0.39, 0.29) is 6.04 Å². The summed E-state index contributed by atoms with van der Waals surface area (Å²) >= 11 is 0. The first kappa shape index (κ1) is 11.1. The fourth-order valence-electron chi connectivity index (χ4n) is 1.55. The lowest BCUT2D eigenvalue weighted by molar-refractivity contribution is 0.319. The van der Waals surface area contributed by atoms with E-state index in [0.717, 1.165) is 6.54 Å². The monoisotopic (exact) mass is 223 g/mol. The van der Waals surface area contributed by atoms with E-state index in [9.17, 15) is 0 Å². The maximum absolute atomic E-state index is 5.41. The second-order valence-corrected chi connectivity index (χ2v) is 4.48. The number of ether oxygens (including phenoxy) is 2. The molecule has 16 heavy (non-hydrogen) atoms. The minimum Gasteiger partial charge on any atom is -0.477 e. The van der Waals surface area contributed by atoms with Crippen molar-refractivity contribution in [3.63, 3.8) is 0 Å². The molecule has 0 spiro atoms. The van der Waals surface area contributed by atoms with Gasteiger partial charge >= 0.3 is 0 Å². The summed E-state index contributed by atoms with van der Waals surface area (Å²) in [7, 11) is 0. The highest BCUT2D eigenvalue weighted by atomic mass is 16.5. The third kappa shape index (κ3) is 2.40. The molecule has 0 fully saturated rings. The van der Waals surface area contributed by atoms with Gasteiger partial charge in [0, 0.05) is 0 Å². The zero-order chi connectivity index (χ0) is 11.6. The molecule has 2 aliphatic rings. The molecule has 1 atom stereocenters. The lowest BCUT2D eigenvalue weighted by Crippen LogP contribution is -2.30. The molecule has 0 radical (unpaired) electrons. The number of hydrogen-bond acceptors (Lipinski definition) is 5. The molecule has 0 aromatic heterocycles. The van der Waals surface area contributed by atoms with Gasteiger partial charge in [0.1, 0.15) is 18.8 Å². The van der Waals surface area contributed by atoms with Gasteiger partial charge in [0.25, 0.3) is 0 Å². The summed E-state index contributed by atoms with van der Waals surface area (Å²) in [6.45, 7) is 7.96. The summed E-state index contributed by atoms with van der Waals surface area (Å²) in [5, 5.41) is 0. The van der Waals surface area contributed by atoms with Gasteiger partial charge in [-0.25, -0.2) is 9.98 Å². The van der Waals surface area contributed by atoms with Crippen molar-refractivity contribution in [2.45, 2.75) is 32.4 Å². The minimum absolute atomic E-state index is 0.227. The van der Waals surface area contributed by atoms with Gasteiger partial charge in [-0.05, 0) is 20.8 Å². The second kappa shape index (κ2) is 4.23. The topological polar surface area (TPSA) is 55.5 Å². The Balaban J connectivity index is 2.02. The summed E-state index contributed by atoms with van der Waals surface area (Å²) in [4.78, 5) is 13.0. The van der Waals surface area contributed by atoms with Gasteiger partial charge < -0.3 is 9.47 Å². The van der Waals surface area contributed by atoms with Crippen molar-refractivity contribution < 1.29 is 9.47 Å². The van der Waals surface area contributed by atoms with Crippen LogP contribution in [0.3, 0.4) is 0 Å². The maximum atomic E-state index is 5.41. The Labute approximate surface area is 95.3 Å². The lowest BCUT2D eigenvalue weighted by atomic mass is 10.1. The van der Waals surface area contributed by atoms with Crippen LogP contribution in [0.5, 0.6) is 0 Å². The molecular formula is C11H17N3O2. The molecule has 88 valence electrons. The van der Waals surface area contributed by atoms with Gasteiger partial charge in [0.05, 0.1) is 18.8 Å². The lowest BCUT2D eigenvalue weighted by Gasteiger charge is -2.18. The van der Waals surface area contributed by atoms with Crippen molar-refractivity contribution in [1.29, 1.82) is 0 Å². The average Bonchev–Trinajstić information content (AvgIpc) is 2.85. The zero-order valence-corrected chi connectivity index (χ0v) is 9.93. The largest absolute Gasteiger partial charge is 0.477 e. The van der Waals surface area contributed by atoms with Crippen molar-refractivity contribution in [3.8, 4) is 0 Å². The van der Waals surface area contributed by atoms with Gasteiger partial charge in [-0.2, -0.15) is 0 Å². The molecule has 2 aliphatic heterocycles. The van der Waals surface area contributed by atoms with Crippen LogP contribution in [-0.2, 0) is 9.47 Å². The maximum Gasteiger partial charge on any atom is 0.227 e. The number of nitrogens with zero attached hydrogens (tertiary/aromatic N) is 3. The minimum atomic E-state index is -0.436. The fourth-order valence-corrected chi connectivity index (χ4v) is 1.55. The molecule has 0 saturated heterocycles. The van der Waals surface area contributed by atoms with Crippen molar-refractivity contribution in [3.05, 3.63) is 0 Å². The van der Waals surface area contributed by atoms with Crippen molar-refractivity contribution in [2.24, 2.45) is 15.0 Å². The van der Waals surface area contributed by atoms with Crippen LogP contribution in [0.2, 0.25) is 0 Å². The smallest absolute Gasteiger partial charge is 0.227 e. The quantitative estimate of drug-likeness (QED) is 0.672. The summed E-state index contributed by atoms with van der Waals surface area (Å²) in [6.07, 6.45) is 1.66. The molecule has 0 N–H and O–H groups in total. The highest BCUT2D eigenvalue weighted by molar-refractivity contribution is 6.27. The Kier molecular flexibility index (Phi) is 2.94. The van der Waals surface area contributed by atoms with E-state index in [1.807, 2.05) is 20.8 Å². The van der Waals surface area contributed by atoms with E-state index in [1.165, 1.54) is 0 Å². The van der Waals surface area contributed by atoms with E-state index in [2.05, 4.69) is 15.0 Å². The summed E-state index contributed by atoms with van der Waals surface area (Å²) in [5.74, 6) is 1.29. The highest BCUT2D eigenvalue weighted by Gasteiger charge is 2.28. The Hall–Kier alpha value is -1.39. The van der Waals surface area contributed by atoms with Crippen molar-refractivity contribution >= 4 is 18.0 Å². The normalized spacial score (nSPS) is 25.3. The van der Waals surface area contributed by atoms with Crippen LogP contribution in [0, 0.1) is 0 Å². The van der Waals surface area contributed by atoms with Crippen LogP contribution >= 0.6 is 0 Å². The van der Waals surface area contributed by atoms with E-state index in [1.54, 1.807) is 6.21 Å². The summed E-state index contributed by atoms with van der Waals surface area (Å²) in [6, 6.07) is 0.227. The molecule has 1 unspecified atom stereocenters. The SMILES string of the molecule is CC1COC(C=NC(C)(C)C2=NCCO2)=N1. The van der Waals surface area contributed by atoms with E-state index in [0.29, 0.717) is 25.0 Å². The molecule has 0 aromatic rings. The van der Waals surface area contributed by atoms with E-state index in [4.69, 9.17) is 9.47 Å². The molecular weight excluding hydrogens is 206 g/mol. The molecule has 0 aliphatic carbocycles. The Morgan fingerprint density at radius 3 is 2.81 bits per heavy atom. The first-order valence-corrected chi connectivity index (χ1v) is 5.51. The zero-order valence-electron chi connectivity index (χ0n) is 9.93. The molecule has 5 nitrogen and oxygen atoms in total. The van der Waals surface area contributed by atoms with Crippen LogP contribution in [0.4, 0.5) is 0 Å². The van der Waals surface area contributed by atoms with E-state index < -0.39 is 5.54 Å². The standard InChI is InChI=1S/C11H17N3O2/c1-8-7-16-9(14-8)6-13-11(2,3)10-12-4-5-15-10/h6,8H,4-5,7H2,1-3H3. The molecule has 2 heterocycles. The molecule has 0 bridgehead atoms. The van der Waals surface area contributed by atoms with Crippen LogP contribution in [-0.4, -0.2) is 49.3 Å². The molecule has 0 saturated carbocycles. The third-order valence-electron chi connectivity index (χ3n) is 2.43. The summed E-state index contributed by atoms with van der Waals surface area (Å²) < 4.78 is 10.8. The number of rotatable bonds is 3. The molecule has 5 heteroatoms. The van der Waals surface area contributed by atoms with Gasteiger partial charge in [-0.15, -0.1) is 0 Å². The first-order chi connectivity index (χ1) is 7.58. The summed E-state index contributed by atoms with van der Waals surface area (Å²) in [5.41, 5.74) is -0.436. The van der Waals surface area contributed by atoms with Gasteiger partial charge in [-0.3, -0.25) is 4.99 Å². The first-order valence-electron chi connectivity index (χ1n) is 5.51. The van der Waals surface area contributed by atoms with Crippen LogP contribution in [0.1, 0.15) is 20.8 Å². The van der Waals surface area contributed by atoms with Gasteiger partial charge in [0.2, 0.25) is 11.8 Å². The fraction of sp³-hybridized carbons (Fsp3) is 0.727. The van der Waals surface area contributed by atoms with Gasteiger partial charge in [-0.1, -0.05) is 0 Å². The predicted molar refractivity (Wildman–Crippen MR) is 63.7 cm³/mol. The Bertz CT molecular complexity index is 358. The Morgan fingerprint density at radius 1 is 1.44 bits per heavy atom. The second-order valence-electron chi connectivity index (χ2n) is 4.48. The predicted octanol–water partition coefficient (Wildman–Crippen LogP) is 1.08. The molecule has 0 amide bonds. The number of aliphatic imine (C=N–C) groups is 3. The van der Waals surface area contributed by atoms with Crippen LogP contribution in [0.25, 0.3) is 0 Å².